The van der Waals surface area contributed by atoms with Gasteiger partial charge in [0.05, 0.1) is 6.61 Å². The Morgan fingerprint density at radius 3 is 2.38 bits per heavy atom. The SMILES string of the molecule is CC(C)COC(=O)[C@H](O)c1ccc(O)cc1. The molecule has 88 valence electrons. The van der Waals surface area contributed by atoms with Crippen molar-refractivity contribution < 1.29 is 19.7 Å². The minimum Gasteiger partial charge on any atom is -0.508 e. The smallest absolute Gasteiger partial charge is 0.339 e. The van der Waals surface area contributed by atoms with Gasteiger partial charge in [0.25, 0.3) is 0 Å². The predicted octanol–water partition coefficient (Wildman–Crippen LogP) is 1.62. The molecule has 16 heavy (non-hydrogen) atoms. The maximum absolute atomic E-state index is 11.4. The summed E-state index contributed by atoms with van der Waals surface area (Å²) in [5.41, 5.74) is 0.409. The van der Waals surface area contributed by atoms with Crippen LogP contribution < -0.4 is 0 Å². The van der Waals surface area contributed by atoms with Gasteiger partial charge in [0.2, 0.25) is 0 Å². The number of hydrogen-bond donors (Lipinski definition) is 2. The fraction of sp³-hybridized carbons (Fsp3) is 0.417. The molecule has 4 heteroatoms. The van der Waals surface area contributed by atoms with E-state index in [-0.39, 0.29) is 18.3 Å². The number of aromatic hydroxyl groups is 1. The van der Waals surface area contributed by atoms with Crippen molar-refractivity contribution in [1.29, 1.82) is 0 Å². The van der Waals surface area contributed by atoms with Crippen LogP contribution in [0.2, 0.25) is 0 Å². The number of hydrogen-bond acceptors (Lipinski definition) is 4. The first-order valence-electron chi connectivity index (χ1n) is 5.14. The molecule has 0 unspecified atom stereocenters. The van der Waals surface area contributed by atoms with E-state index in [0.717, 1.165) is 0 Å². The number of phenols is 1. The van der Waals surface area contributed by atoms with Crippen LogP contribution in [0, 0.1) is 5.92 Å². The van der Waals surface area contributed by atoms with Crippen LogP contribution in [0.5, 0.6) is 5.75 Å². The Hall–Kier alpha value is -1.55. The third-order valence-electron chi connectivity index (χ3n) is 1.99. The molecule has 0 bridgehead atoms. The van der Waals surface area contributed by atoms with Gasteiger partial charge in [-0.2, -0.15) is 0 Å². The lowest BCUT2D eigenvalue weighted by Gasteiger charge is -2.12. The summed E-state index contributed by atoms with van der Waals surface area (Å²) in [6.07, 6.45) is -1.29. The van der Waals surface area contributed by atoms with E-state index in [2.05, 4.69) is 0 Å². The van der Waals surface area contributed by atoms with E-state index in [1.54, 1.807) is 0 Å². The Bertz CT molecular complexity index is 343. The average Bonchev–Trinajstić information content (AvgIpc) is 2.26. The van der Waals surface area contributed by atoms with Crippen molar-refractivity contribution in [1.82, 2.24) is 0 Å². The normalized spacial score (nSPS) is 12.5. The van der Waals surface area contributed by atoms with Crippen LogP contribution in [0.1, 0.15) is 25.5 Å². The minimum absolute atomic E-state index is 0.0893. The summed E-state index contributed by atoms with van der Waals surface area (Å²) in [5.74, 6) is -0.346. The molecule has 1 rings (SSSR count). The first kappa shape index (κ1) is 12.5. The standard InChI is InChI=1S/C12H16O4/c1-8(2)7-16-12(15)11(14)9-3-5-10(13)6-4-9/h3-6,8,11,13-14H,7H2,1-2H3/t11-/m1/s1. The first-order valence-corrected chi connectivity index (χ1v) is 5.14. The van der Waals surface area contributed by atoms with Crippen molar-refractivity contribution in [2.24, 2.45) is 5.92 Å². The molecule has 0 spiro atoms. The van der Waals surface area contributed by atoms with Crippen molar-refractivity contribution in [3.05, 3.63) is 29.8 Å². The van der Waals surface area contributed by atoms with Crippen molar-refractivity contribution in [3.63, 3.8) is 0 Å². The fourth-order valence-corrected chi connectivity index (χ4v) is 1.12. The molecule has 0 heterocycles. The van der Waals surface area contributed by atoms with Gasteiger partial charge < -0.3 is 14.9 Å². The molecule has 0 aromatic heterocycles. The largest absolute Gasteiger partial charge is 0.508 e. The van der Waals surface area contributed by atoms with Crippen LogP contribution in [0.4, 0.5) is 0 Å². The van der Waals surface area contributed by atoms with E-state index in [1.165, 1.54) is 24.3 Å². The van der Waals surface area contributed by atoms with Gasteiger partial charge in [-0.1, -0.05) is 26.0 Å². The molecule has 0 saturated carbocycles. The number of carbonyl (C=O) groups is 1. The lowest BCUT2D eigenvalue weighted by Crippen LogP contribution is -2.17. The van der Waals surface area contributed by atoms with Gasteiger partial charge in [0, 0.05) is 0 Å². The van der Waals surface area contributed by atoms with Crippen molar-refractivity contribution in [2.75, 3.05) is 6.61 Å². The highest BCUT2D eigenvalue weighted by molar-refractivity contribution is 5.76. The molecule has 0 fully saturated rings. The molecule has 0 amide bonds. The van der Waals surface area contributed by atoms with E-state index in [1.807, 2.05) is 13.8 Å². The first-order chi connectivity index (χ1) is 7.50. The zero-order valence-electron chi connectivity index (χ0n) is 9.38. The van der Waals surface area contributed by atoms with E-state index in [4.69, 9.17) is 9.84 Å². The average molecular weight is 224 g/mol. The summed E-state index contributed by atoms with van der Waals surface area (Å²) < 4.78 is 4.90. The monoisotopic (exact) mass is 224 g/mol. The molecular formula is C12H16O4. The summed E-state index contributed by atoms with van der Waals surface area (Å²) in [7, 11) is 0. The zero-order chi connectivity index (χ0) is 12.1. The molecule has 0 saturated heterocycles. The second-order valence-corrected chi connectivity index (χ2v) is 4.02. The number of phenolic OH excluding ortho intramolecular Hbond substituents is 1. The quantitative estimate of drug-likeness (QED) is 0.763. The van der Waals surface area contributed by atoms with Crippen molar-refractivity contribution in [2.45, 2.75) is 20.0 Å². The van der Waals surface area contributed by atoms with E-state index < -0.39 is 12.1 Å². The Kier molecular flexibility index (Phi) is 4.31. The number of benzene rings is 1. The topological polar surface area (TPSA) is 66.8 Å². The second-order valence-electron chi connectivity index (χ2n) is 4.02. The molecule has 1 aromatic carbocycles. The molecule has 0 radical (unpaired) electrons. The number of esters is 1. The van der Waals surface area contributed by atoms with Gasteiger partial charge in [-0.25, -0.2) is 4.79 Å². The highest BCUT2D eigenvalue weighted by Gasteiger charge is 2.19. The second kappa shape index (κ2) is 5.51. The number of ether oxygens (including phenoxy) is 1. The van der Waals surface area contributed by atoms with Crippen molar-refractivity contribution in [3.8, 4) is 5.75 Å². The molecule has 4 nitrogen and oxygen atoms in total. The van der Waals surface area contributed by atoms with Gasteiger partial charge in [-0.05, 0) is 23.6 Å². The van der Waals surface area contributed by atoms with Crippen LogP contribution in [0.15, 0.2) is 24.3 Å². The van der Waals surface area contributed by atoms with Crippen LogP contribution in [0.3, 0.4) is 0 Å². The Labute approximate surface area is 94.5 Å². The summed E-state index contributed by atoms with van der Waals surface area (Å²) in [6.45, 7) is 4.12. The Balaban J connectivity index is 2.59. The summed E-state index contributed by atoms with van der Waals surface area (Å²) in [5, 5.41) is 18.7. The third kappa shape index (κ3) is 3.55. The third-order valence-corrected chi connectivity index (χ3v) is 1.99. The van der Waals surface area contributed by atoms with Gasteiger partial charge in [0.1, 0.15) is 5.75 Å². The number of aliphatic hydroxyl groups excluding tert-OH is 1. The highest BCUT2D eigenvalue weighted by Crippen LogP contribution is 2.18. The Morgan fingerprint density at radius 1 is 1.31 bits per heavy atom. The minimum atomic E-state index is -1.29. The van der Waals surface area contributed by atoms with Gasteiger partial charge in [0.15, 0.2) is 6.10 Å². The Morgan fingerprint density at radius 2 is 1.88 bits per heavy atom. The van der Waals surface area contributed by atoms with Crippen LogP contribution in [-0.2, 0) is 9.53 Å². The summed E-state index contributed by atoms with van der Waals surface area (Å²) in [6, 6.07) is 5.79. The lowest BCUT2D eigenvalue weighted by molar-refractivity contribution is -0.155. The van der Waals surface area contributed by atoms with Crippen molar-refractivity contribution >= 4 is 5.97 Å². The van der Waals surface area contributed by atoms with Gasteiger partial charge in [-0.3, -0.25) is 0 Å². The van der Waals surface area contributed by atoms with Crippen LogP contribution in [-0.4, -0.2) is 22.8 Å². The molecule has 0 aliphatic rings. The lowest BCUT2D eigenvalue weighted by atomic mass is 10.1. The van der Waals surface area contributed by atoms with E-state index in [9.17, 15) is 9.90 Å². The fourth-order valence-electron chi connectivity index (χ4n) is 1.12. The molecular weight excluding hydrogens is 208 g/mol. The van der Waals surface area contributed by atoms with E-state index >= 15 is 0 Å². The van der Waals surface area contributed by atoms with Crippen LogP contribution >= 0.6 is 0 Å². The predicted molar refractivity (Wildman–Crippen MR) is 58.9 cm³/mol. The summed E-state index contributed by atoms with van der Waals surface area (Å²) in [4.78, 5) is 11.4. The summed E-state index contributed by atoms with van der Waals surface area (Å²) >= 11 is 0. The zero-order valence-corrected chi connectivity index (χ0v) is 9.38. The maximum Gasteiger partial charge on any atom is 0.339 e. The molecule has 0 aliphatic heterocycles. The molecule has 0 aliphatic carbocycles. The molecule has 2 N–H and O–H groups in total. The van der Waals surface area contributed by atoms with Crippen LogP contribution in [0.25, 0.3) is 0 Å². The number of carbonyl (C=O) groups excluding carboxylic acids is 1. The van der Waals surface area contributed by atoms with Gasteiger partial charge >= 0.3 is 5.97 Å². The number of aliphatic hydroxyl groups is 1. The maximum atomic E-state index is 11.4. The molecule has 1 aromatic rings. The molecule has 1 atom stereocenters. The van der Waals surface area contributed by atoms with Gasteiger partial charge in [-0.15, -0.1) is 0 Å². The highest BCUT2D eigenvalue weighted by atomic mass is 16.5. The van der Waals surface area contributed by atoms with E-state index in [0.29, 0.717) is 5.56 Å². The number of rotatable bonds is 4.